The van der Waals surface area contributed by atoms with E-state index >= 15 is 0 Å². The fraction of sp³-hybridized carbons (Fsp3) is 0.0909. The maximum atomic E-state index is 12.0. The van der Waals surface area contributed by atoms with E-state index in [9.17, 15) is 4.79 Å². The zero-order valence-corrected chi connectivity index (χ0v) is 15.0. The van der Waals surface area contributed by atoms with Crippen LogP contribution in [-0.2, 0) is 13.0 Å². The average molecular weight is 370 g/mol. The van der Waals surface area contributed by atoms with Crippen molar-refractivity contribution in [2.45, 2.75) is 13.0 Å². The van der Waals surface area contributed by atoms with Crippen LogP contribution < -0.4 is 10.6 Å². The van der Waals surface area contributed by atoms with Gasteiger partial charge >= 0.3 is 6.03 Å². The van der Waals surface area contributed by atoms with Crippen molar-refractivity contribution in [3.05, 3.63) is 83.8 Å². The molecule has 2 aromatic heterocycles. The second kappa shape index (κ2) is 6.74. The van der Waals surface area contributed by atoms with Crippen molar-refractivity contribution in [3.8, 4) is 22.5 Å². The fourth-order valence-electron chi connectivity index (χ4n) is 3.57. The van der Waals surface area contributed by atoms with E-state index in [1.54, 1.807) is 12.3 Å². The molecule has 5 rings (SSSR count). The number of fused-ring (bicyclic) bond motifs is 3. The Kier molecular flexibility index (Phi) is 3.94. The Hall–Kier alpha value is -3.80. The van der Waals surface area contributed by atoms with E-state index in [4.69, 9.17) is 4.42 Å². The van der Waals surface area contributed by atoms with Crippen LogP contribution in [0.25, 0.3) is 22.5 Å². The van der Waals surface area contributed by atoms with Gasteiger partial charge in [0.05, 0.1) is 24.2 Å². The van der Waals surface area contributed by atoms with Gasteiger partial charge in [-0.05, 0) is 29.8 Å². The van der Waals surface area contributed by atoms with Gasteiger partial charge in [0.15, 0.2) is 0 Å². The van der Waals surface area contributed by atoms with E-state index in [0.29, 0.717) is 12.3 Å². The Labute approximate surface area is 161 Å². The Morgan fingerprint density at radius 3 is 2.75 bits per heavy atom. The van der Waals surface area contributed by atoms with Crippen molar-refractivity contribution in [2.24, 2.45) is 0 Å². The molecule has 0 atom stereocenters. The number of nitrogens with zero attached hydrogens (tertiary/aromatic N) is 1. The van der Waals surface area contributed by atoms with E-state index in [-0.39, 0.29) is 6.03 Å². The number of benzene rings is 2. The minimum absolute atomic E-state index is 0.278. The van der Waals surface area contributed by atoms with Gasteiger partial charge < -0.3 is 15.1 Å². The van der Waals surface area contributed by atoms with E-state index in [1.807, 2.05) is 36.4 Å². The first-order valence-electron chi connectivity index (χ1n) is 9.11. The van der Waals surface area contributed by atoms with Crippen LogP contribution in [0.15, 0.2) is 71.3 Å². The summed E-state index contributed by atoms with van der Waals surface area (Å²) in [4.78, 5) is 12.0. The number of furan rings is 1. The summed E-state index contributed by atoms with van der Waals surface area (Å²) in [5, 5.41) is 13.3. The molecule has 2 aromatic carbocycles. The molecule has 0 fully saturated rings. The number of urea groups is 1. The molecule has 0 aliphatic heterocycles. The molecule has 0 saturated heterocycles. The van der Waals surface area contributed by atoms with Crippen molar-refractivity contribution in [3.63, 3.8) is 0 Å². The van der Waals surface area contributed by atoms with Crippen LogP contribution in [0.2, 0.25) is 0 Å². The van der Waals surface area contributed by atoms with Crippen molar-refractivity contribution >= 4 is 11.7 Å². The number of carbonyl (C=O) groups is 1. The second-order valence-electron chi connectivity index (χ2n) is 6.72. The maximum Gasteiger partial charge on any atom is 0.319 e. The Morgan fingerprint density at radius 1 is 1.07 bits per heavy atom. The lowest BCUT2D eigenvalue weighted by Crippen LogP contribution is -2.27. The highest BCUT2D eigenvalue weighted by atomic mass is 16.3. The van der Waals surface area contributed by atoms with Gasteiger partial charge in [0, 0.05) is 28.8 Å². The highest BCUT2D eigenvalue weighted by molar-refractivity contribution is 5.89. The minimum atomic E-state index is -0.278. The van der Waals surface area contributed by atoms with Crippen molar-refractivity contribution in [2.75, 3.05) is 5.32 Å². The van der Waals surface area contributed by atoms with Gasteiger partial charge in [-0.25, -0.2) is 4.79 Å². The third-order valence-electron chi connectivity index (χ3n) is 4.94. The van der Waals surface area contributed by atoms with Gasteiger partial charge in [-0.2, -0.15) is 5.10 Å². The Bertz CT molecular complexity index is 1130. The van der Waals surface area contributed by atoms with Crippen LogP contribution in [0.1, 0.15) is 16.9 Å². The summed E-state index contributed by atoms with van der Waals surface area (Å²) in [5.74, 6) is 0.707. The molecule has 138 valence electrons. The number of aromatic amines is 1. The summed E-state index contributed by atoms with van der Waals surface area (Å²) in [6.07, 6.45) is 2.46. The highest BCUT2D eigenvalue weighted by Crippen LogP contribution is 2.39. The van der Waals surface area contributed by atoms with Gasteiger partial charge in [0.25, 0.3) is 0 Å². The van der Waals surface area contributed by atoms with Crippen LogP contribution in [0.4, 0.5) is 10.5 Å². The van der Waals surface area contributed by atoms with Gasteiger partial charge in [-0.15, -0.1) is 0 Å². The normalized spacial score (nSPS) is 11.7. The number of aromatic nitrogens is 2. The Balaban J connectivity index is 1.29. The first kappa shape index (κ1) is 16.4. The molecular formula is C22H18N4O2. The molecular weight excluding hydrogens is 352 g/mol. The molecule has 1 aliphatic rings. The number of amides is 2. The number of hydrogen-bond acceptors (Lipinski definition) is 3. The highest BCUT2D eigenvalue weighted by Gasteiger charge is 2.24. The zero-order valence-electron chi connectivity index (χ0n) is 15.0. The summed E-state index contributed by atoms with van der Waals surface area (Å²) >= 11 is 0. The fourth-order valence-corrected chi connectivity index (χ4v) is 3.57. The van der Waals surface area contributed by atoms with E-state index in [1.165, 1.54) is 16.7 Å². The number of nitrogens with one attached hydrogen (secondary N) is 3. The molecule has 0 unspecified atom stereocenters. The van der Waals surface area contributed by atoms with Crippen LogP contribution in [0.3, 0.4) is 0 Å². The molecule has 6 nitrogen and oxygen atoms in total. The van der Waals surface area contributed by atoms with Crippen LogP contribution in [-0.4, -0.2) is 16.2 Å². The maximum absolute atomic E-state index is 12.0. The third kappa shape index (κ3) is 2.95. The summed E-state index contributed by atoms with van der Waals surface area (Å²) in [6.45, 7) is 0.344. The largest absolute Gasteiger partial charge is 0.467 e. The summed E-state index contributed by atoms with van der Waals surface area (Å²) in [5.41, 5.74) is 7.56. The molecule has 0 spiro atoms. The SMILES string of the molecule is O=C(NCc1ccco1)Nc1ccc(-c2n[nH]c3c2Cc2ccccc2-3)cc1. The third-order valence-corrected chi connectivity index (χ3v) is 4.94. The number of anilines is 1. The first-order chi connectivity index (χ1) is 13.8. The second-order valence-corrected chi connectivity index (χ2v) is 6.72. The lowest BCUT2D eigenvalue weighted by molar-refractivity contribution is 0.251. The molecule has 4 aromatic rings. The molecule has 1 aliphatic carbocycles. The molecule has 0 bridgehead atoms. The lowest BCUT2D eigenvalue weighted by Gasteiger charge is -2.07. The van der Waals surface area contributed by atoms with E-state index in [2.05, 4.69) is 39.0 Å². The topological polar surface area (TPSA) is 82.9 Å². The minimum Gasteiger partial charge on any atom is -0.467 e. The first-order valence-corrected chi connectivity index (χ1v) is 9.11. The van der Waals surface area contributed by atoms with Gasteiger partial charge in [0.1, 0.15) is 5.76 Å². The van der Waals surface area contributed by atoms with Gasteiger partial charge in [0.2, 0.25) is 0 Å². The predicted molar refractivity (Wildman–Crippen MR) is 107 cm³/mol. The zero-order chi connectivity index (χ0) is 18.9. The molecule has 28 heavy (non-hydrogen) atoms. The van der Waals surface area contributed by atoms with Crippen LogP contribution in [0.5, 0.6) is 0 Å². The smallest absolute Gasteiger partial charge is 0.319 e. The van der Waals surface area contributed by atoms with Crippen LogP contribution in [0, 0.1) is 0 Å². The number of hydrogen-bond donors (Lipinski definition) is 3. The monoisotopic (exact) mass is 370 g/mol. The summed E-state index contributed by atoms with van der Waals surface area (Å²) in [6, 6.07) is 19.4. The van der Waals surface area contributed by atoms with Crippen molar-refractivity contribution < 1.29 is 9.21 Å². The molecule has 3 N–H and O–H groups in total. The van der Waals surface area contributed by atoms with Crippen molar-refractivity contribution in [1.29, 1.82) is 0 Å². The number of rotatable bonds is 4. The summed E-state index contributed by atoms with van der Waals surface area (Å²) < 4.78 is 5.20. The predicted octanol–water partition coefficient (Wildman–Crippen LogP) is 4.56. The van der Waals surface area contributed by atoms with Gasteiger partial charge in [-0.3, -0.25) is 5.10 Å². The average Bonchev–Trinajstić information content (AvgIpc) is 3.44. The number of H-pyrrole nitrogens is 1. The molecule has 0 saturated carbocycles. The molecule has 0 radical (unpaired) electrons. The standard InChI is InChI=1S/C22H18N4O2/c27-22(23-13-17-5-3-11-28-17)24-16-9-7-14(8-10-16)20-19-12-15-4-1-2-6-18(15)21(19)26-25-20/h1-11H,12-13H2,(H,25,26)(H2,23,24,27). The van der Waals surface area contributed by atoms with E-state index < -0.39 is 0 Å². The summed E-state index contributed by atoms with van der Waals surface area (Å²) in [7, 11) is 0. The van der Waals surface area contributed by atoms with Gasteiger partial charge in [-0.1, -0.05) is 36.4 Å². The van der Waals surface area contributed by atoms with Crippen LogP contribution >= 0.6 is 0 Å². The number of carbonyl (C=O) groups excluding carboxylic acids is 1. The Morgan fingerprint density at radius 2 is 1.93 bits per heavy atom. The quantitative estimate of drug-likeness (QED) is 0.434. The van der Waals surface area contributed by atoms with Crippen molar-refractivity contribution in [1.82, 2.24) is 15.5 Å². The lowest BCUT2D eigenvalue weighted by atomic mass is 10.1. The molecule has 6 heteroatoms. The molecule has 2 amide bonds. The van der Waals surface area contributed by atoms with E-state index in [0.717, 1.165) is 29.1 Å². The molecule has 2 heterocycles.